The van der Waals surface area contributed by atoms with Crippen LogP contribution in [0.3, 0.4) is 0 Å². The van der Waals surface area contributed by atoms with E-state index >= 15 is 0 Å². The summed E-state index contributed by atoms with van der Waals surface area (Å²) >= 11 is 0. The summed E-state index contributed by atoms with van der Waals surface area (Å²) in [6.45, 7) is 2.01. The Bertz CT molecular complexity index is 431. The van der Waals surface area contributed by atoms with Crippen molar-refractivity contribution in [1.82, 2.24) is 9.21 Å². The van der Waals surface area contributed by atoms with Crippen LogP contribution >= 0.6 is 0 Å². The first-order valence-electron chi connectivity index (χ1n) is 6.51. The maximum absolute atomic E-state index is 12.2. The van der Waals surface area contributed by atoms with Gasteiger partial charge in [0, 0.05) is 32.7 Å². The molecule has 0 aromatic carbocycles. The average Bonchev–Trinajstić information content (AvgIpc) is 2.86. The van der Waals surface area contributed by atoms with Crippen LogP contribution in [0.5, 0.6) is 0 Å². The minimum absolute atomic E-state index is 0.0220. The van der Waals surface area contributed by atoms with Crippen molar-refractivity contribution in [1.29, 1.82) is 0 Å². The number of piperazine rings is 1. The molecule has 0 spiro atoms. The minimum atomic E-state index is -3.16. The van der Waals surface area contributed by atoms with Crippen LogP contribution in [0.25, 0.3) is 0 Å². The molecule has 19 heavy (non-hydrogen) atoms. The molecule has 2 atom stereocenters. The van der Waals surface area contributed by atoms with E-state index in [0.29, 0.717) is 39.1 Å². The zero-order valence-corrected chi connectivity index (χ0v) is 11.9. The highest BCUT2D eigenvalue weighted by Gasteiger charge is 2.35. The zero-order valence-electron chi connectivity index (χ0n) is 11.1. The second kappa shape index (κ2) is 5.74. The molecule has 2 rings (SSSR count). The lowest BCUT2D eigenvalue weighted by Gasteiger charge is -2.34. The molecule has 0 radical (unpaired) electrons. The topological polar surface area (TPSA) is 92.9 Å². The number of rotatable bonds is 3. The van der Waals surface area contributed by atoms with Crippen LogP contribution in [0, 0.1) is 0 Å². The van der Waals surface area contributed by atoms with E-state index < -0.39 is 16.1 Å². The molecule has 0 aliphatic carbocycles. The highest BCUT2D eigenvalue weighted by molar-refractivity contribution is 7.88. The van der Waals surface area contributed by atoms with Gasteiger partial charge in [0.25, 0.3) is 5.91 Å². The standard InChI is InChI=1S/C11H21N3O4S/c1-19(16,17)14-6-4-13(5-7-14)11(15)10-3-2-9(8-12)18-10/h9-10H,2-8,12H2,1H3. The van der Waals surface area contributed by atoms with Gasteiger partial charge in [0.15, 0.2) is 0 Å². The smallest absolute Gasteiger partial charge is 0.251 e. The Morgan fingerprint density at radius 2 is 1.89 bits per heavy atom. The zero-order chi connectivity index (χ0) is 14.0. The van der Waals surface area contributed by atoms with Gasteiger partial charge in [-0.25, -0.2) is 8.42 Å². The fraction of sp³-hybridized carbons (Fsp3) is 0.909. The van der Waals surface area contributed by atoms with Crippen molar-refractivity contribution in [2.75, 3.05) is 39.0 Å². The van der Waals surface area contributed by atoms with Crippen LogP contribution in [-0.4, -0.2) is 74.7 Å². The Morgan fingerprint density at radius 3 is 2.37 bits per heavy atom. The van der Waals surface area contributed by atoms with Crippen molar-refractivity contribution in [2.24, 2.45) is 5.73 Å². The van der Waals surface area contributed by atoms with Crippen LogP contribution in [0.15, 0.2) is 0 Å². The van der Waals surface area contributed by atoms with Gasteiger partial charge in [-0.15, -0.1) is 0 Å². The molecule has 1 amide bonds. The largest absolute Gasteiger partial charge is 0.364 e. The molecule has 2 heterocycles. The van der Waals surface area contributed by atoms with Gasteiger partial charge in [-0.2, -0.15) is 4.31 Å². The quantitative estimate of drug-likeness (QED) is 0.690. The monoisotopic (exact) mass is 291 g/mol. The van der Waals surface area contributed by atoms with E-state index in [-0.39, 0.29) is 12.0 Å². The Labute approximate surface area is 113 Å². The predicted molar refractivity (Wildman–Crippen MR) is 69.9 cm³/mol. The molecule has 0 bridgehead atoms. The number of hydrogen-bond donors (Lipinski definition) is 1. The molecule has 2 unspecified atom stereocenters. The minimum Gasteiger partial charge on any atom is -0.364 e. The van der Waals surface area contributed by atoms with Gasteiger partial charge < -0.3 is 15.4 Å². The number of carbonyl (C=O) groups excluding carboxylic acids is 1. The van der Waals surface area contributed by atoms with Gasteiger partial charge in [0.2, 0.25) is 10.0 Å². The van der Waals surface area contributed by atoms with Crippen molar-refractivity contribution in [3.8, 4) is 0 Å². The Hall–Kier alpha value is -0.700. The molecular weight excluding hydrogens is 270 g/mol. The van der Waals surface area contributed by atoms with Crippen molar-refractivity contribution in [3.63, 3.8) is 0 Å². The fourth-order valence-electron chi connectivity index (χ4n) is 2.50. The molecule has 2 saturated heterocycles. The SMILES string of the molecule is CS(=O)(=O)N1CCN(C(=O)C2CCC(CN)O2)CC1. The van der Waals surface area contributed by atoms with Crippen molar-refractivity contribution in [3.05, 3.63) is 0 Å². The number of nitrogens with zero attached hydrogens (tertiary/aromatic N) is 2. The summed E-state index contributed by atoms with van der Waals surface area (Å²) in [5.41, 5.74) is 5.52. The summed E-state index contributed by atoms with van der Waals surface area (Å²) in [5.74, 6) is -0.0379. The van der Waals surface area contributed by atoms with E-state index in [9.17, 15) is 13.2 Å². The first kappa shape index (κ1) is 14.7. The Balaban J connectivity index is 1.86. The Morgan fingerprint density at radius 1 is 1.26 bits per heavy atom. The van der Waals surface area contributed by atoms with E-state index in [1.54, 1.807) is 4.90 Å². The lowest BCUT2D eigenvalue weighted by molar-refractivity contribution is -0.143. The van der Waals surface area contributed by atoms with Crippen molar-refractivity contribution < 1.29 is 17.9 Å². The molecule has 110 valence electrons. The van der Waals surface area contributed by atoms with Gasteiger partial charge in [-0.1, -0.05) is 0 Å². The number of ether oxygens (including phenoxy) is 1. The molecule has 0 aromatic heterocycles. The second-order valence-corrected chi connectivity index (χ2v) is 7.03. The maximum atomic E-state index is 12.2. The van der Waals surface area contributed by atoms with Crippen molar-refractivity contribution >= 4 is 15.9 Å². The highest BCUT2D eigenvalue weighted by atomic mass is 32.2. The molecule has 2 aliphatic rings. The van der Waals surface area contributed by atoms with Gasteiger partial charge in [0.1, 0.15) is 6.10 Å². The molecule has 2 N–H and O–H groups in total. The lowest BCUT2D eigenvalue weighted by atomic mass is 10.1. The summed E-state index contributed by atoms with van der Waals surface area (Å²) < 4.78 is 29.7. The first-order valence-corrected chi connectivity index (χ1v) is 8.36. The predicted octanol–water partition coefficient (Wildman–Crippen LogP) is -1.40. The number of carbonyl (C=O) groups is 1. The van der Waals surface area contributed by atoms with Crippen LogP contribution < -0.4 is 5.73 Å². The van der Waals surface area contributed by atoms with Crippen molar-refractivity contribution in [2.45, 2.75) is 25.0 Å². The molecule has 7 nitrogen and oxygen atoms in total. The maximum Gasteiger partial charge on any atom is 0.251 e. The van der Waals surface area contributed by atoms with Crippen LogP contribution in [0.1, 0.15) is 12.8 Å². The number of sulfonamides is 1. The fourth-order valence-corrected chi connectivity index (χ4v) is 3.33. The third-order valence-corrected chi connectivity index (χ3v) is 4.97. The molecular formula is C11H21N3O4S. The van der Waals surface area contributed by atoms with E-state index in [1.165, 1.54) is 10.6 Å². The van der Waals surface area contributed by atoms with Crippen LogP contribution in [0.4, 0.5) is 0 Å². The first-order chi connectivity index (χ1) is 8.91. The summed E-state index contributed by atoms with van der Waals surface area (Å²) in [7, 11) is -3.16. The van der Waals surface area contributed by atoms with Gasteiger partial charge in [-0.05, 0) is 12.8 Å². The summed E-state index contributed by atoms with van der Waals surface area (Å²) in [6, 6.07) is 0. The molecule has 0 aromatic rings. The van der Waals surface area contributed by atoms with E-state index in [1.807, 2.05) is 0 Å². The summed E-state index contributed by atoms with van der Waals surface area (Å²) in [6.07, 6.45) is 2.28. The normalized spacial score (nSPS) is 29.7. The summed E-state index contributed by atoms with van der Waals surface area (Å²) in [5, 5.41) is 0. The third-order valence-electron chi connectivity index (χ3n) is 3.67. The number of hydrogen-bond acceptors (Lipinski definition) is 5. The van der Waals surface area contributed by atoms with E-state index in [0.717, 1.165) is 6.42 Å². The third kappa shape index (κ3) is 3.44. The van der Waals surface area contributed by atoms with Gasteiger partial charge in [-0.3, -0.25) is 4.79 Å². The van der Waals surface area contributed by atoms with Gasteiger partial charge in [0.05, 0.1) is 12.4 Å². The van der Waals surface area contributed by atoms with Crippen LogP contribution in [-0.2, 0) is 19.6 Å². The molecule has 8 heteroatoms. The summed E-state index contributed by atoms with van der Waals surface area (Å²) in [4.78, 5) is 13.9. The average molecular weight is 291 g/mol. The number of nitrogens with two attached hydrogens (primary N) is 1. The van der Waals surface area contributed by atoms with Gasteiger partial charge >= 0.3 is 0 Å². The highest BCUT2D eigenvalue weighted by Crippen LogP contribution is 2.21. The molecule has 0 saturated carbocycles. The molecule has 2 aliphatic heterocycles. The second-order valence-electron chi connectivity index (χ2n) is 5.05. The lowest BCUT2D eigenvalue weighted by Crippen LogP contribution is -2.52. The van der Waals surface area contributed by atoms with E-state index in [2.05, 4.69) is 0 Å². The Kier molecular flexibility index (Phi) is 4.44. The van der Waals surface area contributed by atoms with E-state index in [4.69, 9.17) is 10.5 Å². The number of amides is 1. The molecule has 2 fully saturated rings. The van der Waals surface area contributed by atoms with Crippen LogP contribution in [0.2, 0.25) is 0 Å².